The highest BCUT2D eigenvalue weighted by atomic mass is 16.6. The van der Waals surface area contributed by atoms with E-state index < -0.39 is 17.6 Å². The number of hydrogen-bond donors (Lipinski definition) is 2. The number of anilines is 1. The van der Waals surface area contributed by atoms with E-state index in [1.165, 1.54) is 0 Å². The first-order chi connectivity index (χ1) is 10.3. The monoisotopic (exact) mass is 305 g/mol. The molecule has 0 bridgehead atoms. The molecular weight excluding hydrogens is 286 g/mol. The van der Waals surface area contributed by atoms with Gasteiger partial charge < -0.3 is 15.0 Å². The van der Waals surface area contributed by atoms with Gasteiger partial charge in [-0.1, -0.05) is 0 Å². The van der Waals surface area contributed by atoms with Crippen molar-refractivity contribution in [3.8, 4) is 6.07 Å². The highest BCUT2D eigenvalue weighted by Crippen LogP contribution is 2.25. The molecule has 1 aromatic heterocycles. The van der Waals surface area contributed by atoms with Gasteiger partial charge in [0.15, 0.2) is 5.82 Å². The number of rotatable bonds is 2. The molecular formula is C14H19N5O3. The minimum Gasteiger partial charge on any atom is -0.444 e. The molecule has 0 saturated heterocycles. The van der Waals surface area contributed by atoms with Gasteiger partial charge in [-0.15, -0.1) is 0 Å². The number of nitrogens with one attached hydrogen (secondary N) is 2. The van der Waals surface area contributed by atoms with Crippen molar-refractivity contribution in [2.45, 2.75) is 45.8 Å². The molecule has 0 radical (unpaired) electrons. The van der Waals surface area contributed by atoms with E-state index in [0.29, 0.717) is 25.3 Å². The highest BCUT2D eigenvalue weighted by molar-refractivity contribution is 5.92. The van der Waals surface area contributed by atoms with Crippen LogP contribution in [0, 0.1) is 11.3 Å². The van der Waals surface area contributed by atoms with Crippen LogP contribution in [0.4, 0.5) is 10.6 Å². The summed E-state index contributed by atoms with van der Waals surface area (Å²) in [6, 6.07) is 1.78. The van der Waals surface area contributed by atoms with Gasteiger partial charge in [0.1, 0.15) is 12.0 Å². The Morgan fingerprint density at radius 3 is 2.86 bits per heavy atom. The summed E-state index contributed by atoms with van der Waals surface area (Å²) in [4.78, 5) is 25.2. The van der Waals surface area contributed by atoms with Gasteiger partial charge in [0.05, 0.1) is 12.6 Å². The number of H-pyrrole nitrogens is 1. The fraction of sp³-hybridized carbons (Fsp3) is 0.571. The van der Waals surface area contributed by atoms with Gasteiger partial charge in [0.25, 0.3) is 0 Å². The summed E-state index contributed by atoms with van der Waals surface area (Å²) in [6.07, 6.45) is -0.0266. The zero-order valence-corrected chi connectivity index (χ0v) is 12.9. The molecule has 0 aliphatic carbocycles. The molecule has 0 unspecified atom stereocenters. The van der Waals surface area contributed by atoms with Gasteiger partial charge in [-0.25, -0.2) is 4.79 Å². The third-order valence-corrected chi connectivity index (χ3v) is 3.08. The average molecular weight is 305 g/mol. The summed E-state index contributed by atoms with van der Waals surface area (Å²) in [6.45, 7) is 6.27. The number of ether oxygens (including phenoxy) is 1. The second-order valence-corrected chi connectivity index (χ2v) is 6.06. The molecule has 2 heterocycles. The van der Waals surface area contributed by atoms with Crippen molar-refractivity contribution in [3.63, 3.8) is 0 Å². The topological polar surface area (TPSA) is 111 Å². The van der Waals surface area contributed by atoms with E-state index in [1.807, 2.05) is 20.8 Å². The van der Waals surface area contributed by atoms with Gasteiger partial charge in [0, 0.05) is 24.2 Å². The SMILES string of the molecule is CC(C)(C)OC(=O)N1CCc2[nH]nc(NC(=O)CC#N)c2C1. The van der Waals surface area contributed by atoms with Crippen molar-refractivity contribution in [1.29, 1.82) is 5.26 Å². The number of carbonyl (C=O) groups excluding carboxylic acids is 2. The maximum absolute atomic E-state index is 12.1. The normalized spacial score (nSPS) is 14.0. The molecule has 0 spiro atoms. The predicted octanol–water partition coefficient (Wildman–Crippen LogP) is 1.56. The molecule has 0 saturated carbocycles. The lowest BCUT2D eigenvalue weighted by Crippen LogP contribution is -2.40. The molecule has 1 aliphatic rings. The Morgan fingerprint density at radius 2 is 2.23 bits per heavy atom. The van der Waals surface area contributed by atoms with E-state index in [9.17, 15) is 9.59 Å². The lowest BCUT2D eigenvalue weighted by molar-refractivity contribution is -0.115. The van der Waals surface area contributed by atoms with Gasteiger partial charge in [-0.3, -0.25) is 9.89 Å². The van der Waals surface area contributed by atoms with Crippen LogP contribution in [0.2, 0.25) is 0 Å². The van der Waals surface area contributed by atoms with Crippen LogP contribution in [-0.4, -0.2) is 39.2 Å². The third kappa shape index (κ3) is 3.75. The van der Waals surface area contributed by atoms with E-state index in [2.05, 4.69) is 15.5 Å². The number of aromatic nitrogens is 2. The molecule has 8 nitrogen and oxygen atoms in total. The maximum Gasteiger partial charge on any atom is 0.410 e. The molecule has 2 rings (SSSR count). The van der Waals surface area contributed by atoms with E-state index in [-0.39, 0.29) is 6.42 Å². The Morgan fingerprint density at radius 1 is 1.50 bits per heavy atom. The molecule has 8 heteroatoms. The fourth-order valence-corrected chi connectivity index (χ4v) is 2.13. The standard InChI is InChI=1S/C14H19N5O3/c1-14(2,3)22-13(21)19-7-5-10-9(8-19)12(18-17-10)16-11(20)4-6-15/h4-5,7-8H2,1-3H3,(H2,16,17,18,20). The molecule has 0 aromatic carbocycles. The largest absolute Gasteiger partial charge is 0.444 e. The second kappa shape index (κ2) is 6.05. The lowest BCUT2D eigenvalue weighted by atomic mass is 10.1. The Labute approximate surface area is 128 Å². The van der Waals surface area contributed by atoms with Crippen molar-refractivity contribution in [2.24, 2.45) is 0 Å². The fourth-order valence-electron chi connectivity index (χ4n) is 2.13. The predicted molar refractivity (Wildman–Crippen MR) is 77.8 cm³/mol. The summed E-state index contributed by atoms with van der Waals surface area (Å²) in [5.74, 6) is -0.0605. The van der Waals surface area contributed by atoms with Crippen molar-refractivity contribution in [2.75, 3.05) is 11.9 Å². The summed E-state index contributed by atoms with van der Waals surface area (Å²) < 4.78 is 5.35. The number of amides is 2. The van der Waals surface area contributed by atoms with Crippen LogP contribution in [0.1, 0.15) is 38.4 Å². The van der Waals surface area contributed by atoms with Crippen LogP contribution >= 0.6 is 0 Å². The quantitative estimate of drug-likeness (QED) is 0.861. The molecule has 1 aromatic rings. The van der Waals surface area contributed by atoms with Gasteiger partial charge in [-0.2, -0.15) is 10.4 Å². The molecule has 0 atom stereocenters. The number of nitriles is 1. The van der Waals surface area contributed by atoms with E-state index >= 15 is 0 Å². The van der Waals surface area contributed by atoms with Gasteiger partial charge in [0.2, 0.25) is 5.91 Å². The molecule has 0 fully saturated rings. The Balaban J connectivity index is 2.09. The van der Waals surface area contributed by atoms with E-state index in [1.54, 1.807) is 11.0 Å². The average Bonchev–Trinajstić information content (AvgIpc) is 2.79. The van der Waals surface area contributed by atoms with Crippen LogP contribution in [-0.2, 0) is 22.5 Å². The Bertz CT molecular complexity index is 623. The van der Waals surface area contributed by atoms with Gasteiger partial charge >= 0.3 is 6.09 Å². The first-order valence-corrected chi connectivity index (χ1v) is 7.01. The van der Waals surface area contributed by atoms with Crippen molar-refractivity contribution >= 4 is 17.8 Å². The van der Waals surface area contributed by atoms with Crippen molar-refractivity contribution < 1.29 is 14.3 Å². The second-order valence-electron chi connectivity index (χ2n) is 6.06. The van der Waals surface area contributed by atoms with Crippen molar-refractivity contribution in [1.82, 2.24) is 15.1 Å². The number of carbonyl (C=O) groups is 2. The number of hydrogen-bond acceptors (Lipinski definition) is 5. The van der Waals surface area contributed by atoms with Crippen LogP contribution in [0.15, 0.2) is 0 Å². The number of aromatic amines is 1. The molecule has 2 N–H and O–H groups in total. The first kappa shape index (κ1) is 15.8. The molecule has 1 aliphatic heterocycles. The van der Waals surface area contributed by atoms with E-state index in [0.717, 1.165) is 11.3 Å². The minimum absolute atomic E-state index is 0.239. The highest BCUT2D eigenvalue weighted by Gasteiger charge is 2.28. The first-order valence-electron chi connectivity index (χ1n) is 7.01. The Hall–Kier alpha value is -2.56. The molecule has 2 amide bonds. The maximum atomic E-state index is 12.1. The minimum atomic E-state index is -0.558. The molecule has 118 valence electrons. The van der Waals surface area contributed by atoms with Crippen LogP contribution in [0.25, 0.3) is 0 Å². The number of fused-ring (bicyclic) bond motifs is 1. The summed E-state index contributed by atoms with van der Waals surface area (Å²) >= 11 is 0. The number of nitrogens with zero attached hydrogens (tertiary/aromatic N) is 3. The molecule has 22 heavy (non-hydrogen) atoms. The zero-order valence-electron chi connectivity index (χ0n) is 12.9. The van der Waals surface area contributed by atoms with E-state index in [4.69, 9.17) is 10.00 Å². The summed E-state index contributed by atoms with van der Waals surface area (Å²) in [5, 5.41) is 18.0. The van der Waals surface area contributed by atoms with Crippen LogP contribution in [0.5, 0.6) is 0 Å². The van der Waals surface area contributed by atoms with Crippen molar-refractivity contribution in [3.05, 3.63) is 11.3 Å². The summed E-state index contributed by atoms with van der Waals surface area (Å²) in [7, 11) is 0. The van der Waals surface area contributed by atoms with Crippen LogP contribution < -0.4 is 5.32 Å². The lowest BCUT2D eigenvalue weighted by Gasteiger charge is -2.30. The Kier molecular flexibility index (Phi) is 4.35. The zero-order chi connectivity index (χ0) is 16.3. The smallest absolute Gasteiger partial charge is 0.410 e. The summed E-state index contributed by atoms with van der Waals surface area (Å²) in [5.41, 5.74) is 1.08. The third-order valence-electron chi connectivity index (χ3n) is 3.08. The van der Waals surface area contributed by atoms with Crippen LogP contribution in [0.3, 0.4) is 0 Å². The van der Waals surface area contributed by atoms with Gasteiger partial charge in [-0.05, 0) is 20.8 Å².